The fraction of sp³-hybridized carbons (Fsp3) is 0.643. The van der Waals surface area contributed by atoms with E-state index in [4.69, 9.17) is 34.2 Å². The third-order valence-electron chi connectivity index (χ3n) is 4.75. The number of amides is 2. The molecule has 1 aromatic rings. The SMILES string of the molecule is CC(C)/C=C/CNC(=O)COCCOC(N)COc1cccc(CCOCCOCCNC(C)C)c1.NC=O. The molecule has 0 aliphatic heterocycles. The summed E-state index contributed by atoms with van der Waals surface area (Å²) in [6, 6.07) is 8.31. The van der Waals surface area contributed by atoms with Gasteiger partial charge in [0.15, 0.2) is 0 Å². The average molecular weight is 555 g/mol. The molecule has 0 radical (unpaired) electrons. The van der Waals surface area contributed by atoms with E-state index in [2.05, 4.69) is 44.1 Å². The molecule has 0 heterocycles. The number of benzene rings is 1. The van der Waals surface area contributed by atoms with Gasteiger partial charge in [-0.2, -0.15) is 0 Å². The van der Waals surface area contributed by atoms with Crippen molar-refractivity contribution < 1.29 is 33.3 Å². The van der Waals surface area contributed by atoms with Crippen LogP contribution in [0.4, 0.5) is 0 Å². The first-order chi connectivity index (χ1) is 18.8. The van der Waals surface area contributed by atoms with Crippen LogP contribution in [0.25, 0.3) is 0 Å². The number of hydrogen-bond acceptors (Lipinski definition) is 9. The molecule has 6 N–H and O–H groups in total. The van der Waals surface area contributed by atoms with E-state index in [0.717, 1.165) is 24.3 Å². The van der Waals surface area contributed by atoms with E-state index in [1.165, 1.54) is 0 Å². The highest BCUT2D eigenvalue weighted by Crippen LogP contribution is 2.14. The number of primary amides is 1. The highest BCUT2D eigenvalue weighted by atomic mass is 16.6. The maximum Gasteiger partial charge on any atom is 0.246 e. The standard InChI is InChI=1S/C27H47N3O6.CH3NO/c1-22(2)7-6-11-30-27(31)21-34-17-18-35-26(28)20-36-25-9-5-8-24(19-25)10-13-32-15-16-33-14-12-29-23(3)4;2-1-3/h5-9,19,22-23,26,29H,10-18,20-21,28H2,1-4H3,(H,30,31);1H,(H2,2,3)/b7-6+;. The Kier molecular flexibility index (Phi) is 24.0. The molecule has 11 nitrogen and oxygen atoms in total. The Hall–Kier alpha value is -2.54. The smallest absolute Gasteiger partial charge is 0.246 e. The van der Waals surface area contributed by atoms with E-state index >= 15 is 0 Å². The summed E-state index contributed by atoms with van der Waals surface area (Å²) in [7, 11) is 0. The third-order valence-corrected chi connectivity index (χ3v) is 4.75. The number of rotatable bonds is 22. The number of nitrogens with one attached hydrogen (secondary N) is 2. The van der Waals surface area contributed by atoms with E-state index in [9.17, 15) is 4.79 Å². The second kappa shape index (κ2) is 25.7. The molecule has 1 atom stereocenters. The van der Waals surface area contributed by atoms with E-state index in [1.54, 1.807) is 0 Å². The molecule has 1 aromatic carbocycles. The summed E-state index contributed by atoms with van der Waals surface area (Å²) in [5, 5.41) is 6.07. The van der Waals surface area contributed by atoms with Crippen LogP contribution in [0.2, 0.25) is 0 Å². The molecule has 0 aliphatic carbocycles. The van der Waals surface area contributed by atoms with Gasteiger partial charge in [0.05, 0.1) is 39.6 Å². The molecule has 1 rings (SSSR count). The van der Waals surface area contributed by atoms with Gasteiger partial charge in [-0.25, -0.2) is 0 Å². The minimum absolute atomic E-state index is 0.00999. The van der Waals surface area contributed by atoms with Crippen molar-refractivity contribution in [2.75, 3.05) is 65.9 Å². The van der Waals surface area contributed by atoms with Gasteiger partial charge in [0.2, 0.25) is 12.3 Å². The van der Waals surface area contributed by atoms with Gasteiger partial charge in [-0.1, -0.05) is 52.0 Å². The summed E-state index contributed by atoms with van der Waals surface area (Å²) in [5.74, 6) is 1.03. The van der Waals surface area contributed by atoms with Gasteiger partial charge < -0.3 is 45.8 Å². The van der Waals surface area contributed by atoms with Crippen LogP contribution in [-0.2, 0) is 35.0 Å². The Bertz CT molecular complexity index is 763. The van der Waals surface area contributed by atoms with Crippen molar-refractivity contribution in [1.29, 1.82) is 0 Å². The van der Waals surface area contributed by atoms with Gasteiger partial charge in [-0.3, -0.25) is 9.59 Å². The van der Waals surface area contributed by atoms with Crippen molar-refractivity contribution in [3.63, 3.8) is 0 Å². The summed E-state index contributed by atoms with van der Waals surface area (Å²) in [6.07, 6.45) is 4.41. The average Bonchev–Trinajstić information content (AvgIpc) is 2.89. The zero-order valence-electron chi connectivity index (χ0n) is 24.1. The number of carbonyl (C=O) groups excluding carboxylic acids is 2. The number of ether oxygens (including phenoxy) is 5. The minimum Gasteiger partial charge on any atom is -0.489 e. The summed E-state index contributed by atoms with van der Waals surface area (Å²) in [4.78, 5) is 20.2. The van der Waals surface area contributed by atoms with Crippen LogP contribution in [0.15, 0.2) is 36.4 Å². The lowest BCUT2D eigenvalue weighted by molar-refractivity contribution is -0.126. The fourth-order valence-corrected chi connectivity index (χ4v) is 2.94. The lowest BCUT2D eigenvalue weighted by Gasteiger charge is -2.15. The number of carbonyl (C=O) groups is 2. The maximum absolute atomic E-state index is 11.7. The summed E-state index contributed by atoms with van der Waals surface area (Å²) < 4.78 is 27.7. The molecule has 0 spiro atoms. The number of nitrogens with two attached hydrogens (primary N) is 2. The quantitative estimate of drug-likeness (QED) is 0.0720. The molecular weight excluding hydrogens is 504 g/mol. The Morgan fingerprint density at radius 3 is 2.38 bits per heavy atom. The zero-order valence-corrected chi connectivity index (χ0v) is 24.1. The van der Waals surface area contributed by atoms with Crippen LogP contribution in [0.3, 0.4) is 0 Å². The predicted octanol–water partition coefficient (Wildman–Crippen LogP) is 1.39. The molecule has 0 aromatic heterocycles. The van der Waals surface area contributed by atoms with Gasteiger partial charge in [-0.05, 0) is 30.0 Å². The Balaban J connectivity index is 0.00000458. The van der Waals surface area contributed by atoms with Gasteiger partial charge in [0.25, 0.3) is 0 Å². The molecule has 39 heavy (non-hydrogen) atoms. The van der Waals surface area contributed by atoms with Crippen LogP contribution in [0, 0.1) is 5.92 Å². The van der Waals surface area contributed by atoms with Gasteiger partial charge in [0.1, 0.15) is 25.2 Å². The van der Waals surface area contributed by atoms with E-state index < -0.39 is 6.23 Å². The van der Waals surface area contributed by atoms with Crippen LogP contribution >= 0.6 is 0 Å². The Morgan fingerprint density at radius 2 is 1.69 bits per heavy atom. The lowest BCUT2D eigenvalue weighted by Crippen LogP contribution is -2.33. The maximum atomic E-state index is 11.7. The van der Waals surface area contributed by atoms with Crippen molar-refractivity contribution in [3.8, 4) is 5.75 Å². The summed E-state index contributed by atoms with van der Waals surface area (Å²) in [5.41, 5.74) is 11.2. The van der Waals surface area contributed by atoms with Crippen LogP contribution in [0.1, 0.15) is 33.3 Å². The third kappa shape index (κ3) is 25.5. The molecule has 0 saturated heterocycles. The number of hydrogen-bond donors (Lipinski definition) is 4. The molecule has 0 fully saturated rings. The molecule has 1 unspecified atom stereocenters. The first-order valence-electron chi connectivity index (χ1n) is 13.4. The first-order valence-corrected chi connectivity index (χ1v) is 13.4. The first kappa shape index (κ1) is 36.5. The van der Waals surface area contributed by atoms with Crippen molar-refractivity contribution in [1.82, 2.24) is 10.6 Å². The fourth-order valence-electron chi connectivity index (χ4n) is 2.94. The largest absolute Gasteiger partial charge is 0.489 e. The molecule has 2 amide bonds. The number of allylic oxidation sites excluding steroid dienone is 1. The van der Waals surface area contributed by atoms with E-state index in [1.807, 2.05) is 36.4 Å². The molecule has 0 aliphatic rings. The predicted molar refractivity (Wildman–Crippen MR) is 152 cm³/mol. The molecule has 224 valence electrons. The molecule has 0 saturated carbocycles. The van der Waals surface area contributed by atoms with E-state index in [0.29, 0.717) is 44.9 Å². The van der Waals surface area contributed by atoms with E-state index in [-0.39, 0.29) is 38.7 Å². The second-order valence-corrected chi connectivity index (χ2v) is 9.12. The van der Waals surface area contributed by atoms with Crippen molar-refractivity contribution in [2.45, 2.75) is 46.4 Å². The normalized spacial score (nSPS) is 11.9. The molecule has 0 bridgehead atoms. The summed E-state index contributed by atoms with van der Waals surface area (Å²) in [6.45, 7) is 13.0. The van der Waals surface area contributed by atoms with Crippen LogP contribution in [0.5, 0.6) is 5.75 Å². The van der Waals surface area contributed by atoms with Crippen molar-refractivity contribution in [2.24, 2.45) is 17.4 Å². The Morgan fingerprint density at radius 1 is 1.00 bits per heavy atom. The lowest BCUT2D eigenvalue weighted by atomic mass is 10.1. The second-order valence-electron chi connectivity index (χ2n) is 9.12. The van der Waals surface area contributed by atoms with Gasteiger partial charge in [0, 0.05) is 19.1 Å². The van der Waals surface area contributed by atoms with Gasteiger partial charge >= 0.3 is 0 Å². The summed E-state index contributed by atoms with van der Waals surface area (Å²) >= 11 is 0. The topological polar surface area (TPSA) is 156 Å². The minimum atomic E-state index is -0.591. The monoisotopic (exact) mass is 554 g/mol. The van der Waals surface area contributed by atoms with Crippen LogP contribution in [-0.4, -0.2) is 90.5 Å². The van der Waals surface area contributed by atoms with Gasteiger partial charge in [-0.15, -0.1) is 0 Å². The van der Waals surface area contributed by atoms with Crippen LogP contribution < -0.4 is 26.8 Å². The highest BCUT2D eigenvalue weighted by molar-refractivity contribution is 5.77. The zero-order chi connectivity index (χ0) is 29.1. The molecule has 11 heteroatoms. The van der Waals surface area contributed by atoms with Crippen molar-refractivity contribution >= 4 is 12.3 Å². The van der Waals surface area contributed by atoms with Crippen molar-refractivity contribution in [3.05, 3.63) is 42.0 Å². The highest BCUT2D eigenvalue weighted by Gasteiger charge is 2.06. The Labute approximate surface area is 233 Å². The molecular formula is C28H50N4O7.